The topological polar surface area (TPSA) is 49.8 Å². The summed E-state index contributed by atoms with van der Waals surface area (Å²) in [4.78, 5) is 14.1. The van der Waals surface area contributed by atoms with Crippen LogP contribution >= 0.6 is 0 Å². The molecular formula is C18H23NO3. The fourth-order valence-corrected chi connectivity index (χ4v) is 3.87. The number of hydrogen-bond donors (Lipinski definition) is 1. The minimum Gasteiger partial charge on any atom is -0.445 e. The summed E-state index contributed by atoms with van der Waals surface area (Å²) < 4.78 is 5.44. The average Bonchev–Trinajstić information content (AvgIpc) is 2.93. The van der Waals surface area contributed by atoms with Gasteiger partial charge in [-0.15, -0.1) is 0 Å². The number of nitrogens with zero attached hydrogens (tertiary/aromatic N) is 1. The molecule has 4 atom stereocenters. The fourth-order valence-electron chi connectivity index (χ4n) is 3.87. The number of benzene rings is 1. The summed E-state index contributed by atoms with van der Waals surface area (Å²) in [7, 11) is 0. The van der Waals surface area contributed by atoms with Crippen LogP contribution in [0.3, 0.4) is 0 Å². The first-order valence-corrected chi connectivity index (χ1v) is 7.95. The number of fused-ring (bicyclic) bond motifs is 1. The van der Waals surface area contributed by atoms with Gasteiger partial charge in [0, 0.05) is 6.54 Å². The number of aliphatic hydroxyl groups is 1. The maximum absolute atomic E-state index is 12.4. The second-order valence-corrected chi connectivity index (χ2v) is 6.30. The molecule has 4 heteroatoms. The average molecular weight is 301 g/mol. The maximum Gasteiger partial charge on any atom is 0.410 e. The van der Waals surface area contributed by atoms with E-state index in [9.17, 15) is 9.90 Å². The number of amides is 1. The molecule has 2 aliphatic rings. The summed E-state index contributed by atoms with van der Waals surface area (Å²) >= 11 is 0. The Morgan fingerprint density at radius 2 is 2.14 bits per heavy atom. The highest BCUT2D eigenvalue weighted by Gasteiger charge is 2.46. The number of rotatable bonds is 3. The lowest BCUT2D eigenvalue weighted by Gasteiger charge is -2.31. The summed E-state index contributed by atoms with van der Waals surface area (Å²) in [6.07, 6.45) is 5.06. The van der Waals surface area contributed by atoms with Crippen LogP contribution in [0.15, 0.2) is 42.5 Å². The smallest absolute Gasteiger partial charge is 0.410 e. The third-order valence-corrected chi connectivity index (χ3v) is 4.93. The largest absolute Gasteiger partial charge is 0.445 e. The van der Waals surface area contributed by atoms with Crippen LogP contribution < -0.4 is 0 Å². The van der Waals surface area contributed by atoms with Gasteiger partial charge < -0.3 is 14.7 Å². The van der Waals surface area contributed by atoms with Crippen LogP contribution in [0.2, 0.25) is 0 Å². The van der Waals surface area contributed by atoms with Gasteiger partial charge in [-0.25, -0.2) is 4.79 Å². The van der Waals surface area contributed by atoms with Crippen molar-refractivity contribution >= 4 is 6.09 Å². The highest BCUT2D eigenvalue weighted by molar-refractivity contribution is 5.68. The van der Waals surface area contributed by atoms with Crippen LogP contribution in [-0.2, 0) is 11.3 Å². The molecular weight excluding hydrogens is 278 g/mol. The normalized spacial score (nSPS) is 30.2. The van der Waals surface area contributed by atoms with Crippen molar-refractivity contribution in [2.24, 2.45) is 17.8 Å². The van der Waals surface area contributed by atoms with E-state index < -0.39 is 0 Å². The molecule has 1 heterocycles. The van der Waals surface area contributed by atoms with E-state index in [0.29, 0.717) is 24.3 Å². The van der Waals surface area contributed by atoms with Crippen molar-refractivity contribution in [1.29, 1.82) is 0 Å². The summed E-state index contributed by atoms with van der Waals surface area (Å²) in [5.41, 5.74) is 0.975. The van der Waals surface area contributed by atoms with Gasteiger partial charge in [0.15, 0.2) is 0 Å². The molecule has 4 nitrogen and oxygen atoms in total. The van der Waals surface area contributed by atoms with Crippen molar-refractivity contribution in [2.75, 3.05) is 13.2 Å². The summed E-state index contributed by atoms with van der Waals surface area (Å²) in [6, 6.07) is 9.54. The number of ether oxygens (including phenoxy) is 1. The molecule has 22 heavy (non-hydrogen) atoms. The number of hydrogen-bond acceptors (Lipinski definition) is 3. The molecule has 1 fully saturated rings. The van der Waals surface area contributed by atoms with E-state index in [0.717, 1.165) is 12.0 Å². The van der Waals surface area contributed by atoms with E-state index >= 15 is 0 Å². The summed E-state index contributed by atoms with van der Waals surface area (Å²) in [5.74, 6) is 1.16. The number of carbonyl (C=O) groups excluding carboxylic acids is 1. The van der Waals surface area contributed by atoms with Crippen molar-refractivity contribution in [1.82, 2.24) is 4.90 Å². The molecule has 1 saturated heterocycles. The zero-order valence-electron chi connectivity index (χ0n) is 12.9. The maximum atomic E-state index is 12.4. The highest BCUT2D eigenvalue weighted by atomic mass is 16.6. The second-order valence-electron chi connectivity index (χ2n) is 6.30. The Bertz CT molecular complexity index is 543. The minimum atomic E-state index is -0.315. The molecule has 1 amide bonds. The Kier molecular flexibility index (Phi) is 4.48. The van der Waals surface area contributed by atoms with Crippen LogP contribution in [0.25, 0.3) is 0 Å². The van der Waals surface area contributed by atoms with Crippen molar-refractivity contribution in [3.8, 4) is 0 Å². The van der Waals surface area contributed by atoms with Crippen molar-refractivity contribution in [3.05, 3.63) is 48.0 Å². The van der Waals surface area contributed by atoms with Gasteiger partial charge >= 0.3 is 6.09 Å². The van der Waals surface area contributed by atoms with Gasteiger partial charge in [-0.1, -0.05) is 49.4 Å². The van der Waals surface area contributed by atoms with E-state index in [1.54, 1.807) is 4.90 Å². The first kappa shape index (κ1) is 15.1. The predicted octanol–water partition coefficient (Wildman–Crippen LogP) is 2.83. The molecule has 0 bridgehead atoms. The molecule has 0 radical (unpaired) electrons. The van der Waals surface area contributed by atoms with E-state index in [2.05, 4.69) is 19.1 Å². The lowest BCUT2D eigenvalue weighted by atomic mass is 9.76. The molecule has 0 unspecified atom stereocenters. The van der Waals surface area contributed by atoms with Crippen LogP contribution in [-0.4, -0.2) is 35.3 Å². The minimum absolute atomic E-state index is 0.000215. The fraction of sp³-hybridized carbons (Fsp3) is 0.500. The van der Waals surface area contributed by atoms with Gasteiger partial charge in [0.05, 0.1) is 12.6 Å². The van der Waals surface area contributed by atoms with Gasteiger partial charge in [0.2, 0.25) is 0 Å². The predicted molar refractivity (Wildman–Crippen MR) is 84.1 cm³/mol. The molecule has 1 N–H and O–H groups in total. The van der Waals surface area contributed by atoms with Gasteiger partial charge in [-0.05, 0) is 29.7 Å². The third-order valence-electron chi connectivity index (χ3n) is 4.93. The molecule has 1 aliphatic carbocycles. The number of likely N-dealkylation sites (tertiary alicyclic amines) is 1. The molecule has 118 valence electrons. The molecule has 0 spiro atoms. The first-order valence-electron chi connectivity index (χ1n) is 7.95. The van der Waals surface area contributed by atoms with E-state index in [4.69, 9.17) is 4.74 Å². The lowest BCUT2D eigenvalue weighted by Crippen LogP contribution is -2.42. The van der Waals surface area contributed by atoms with Gasteiger partial charge in [-0.3, -0.25) is 0 Å². The van der Waals surface area contributed by atoms with Crippen LogP contribution in [0.4, 0.5) is 4.79 Å². The quantitative estimate of drug-likeness (QED) is 0.873. The first-order chi connectivity index (χ1) is 10.7. The van der Waals surface area contributed by atoms with Crippen molar-refractivity contribution < 1.29 is 14.6 Å². The molecule has 3 rings (SSSR count). The van der Waals surface area contributed by atoms with Gasteiger partial charge in [-0.2, -0.15) is 0 Å². The monoisotopic (exact) mass is 301 g/mol. The third kappa shape index (κ3) is 2.88. The SMILES string of the molecule is C[C@@H]1C=CC[C@H]2CN(C(=O)OCc3ccccc3)[C@H](CO)[C@H]21. The zero-order valence-corrected chi connectivity index (χ0v) is 12.9. The molecule has 1 aliphatic heterocycles. The van der Waals surface area contributed by atoms with Crippen molar-refractivity contribution in [2.45, 2.75) is 26.0 Å². The van der Waals surface area contributed by atoms with E-state index in [1.807, 2.05) is 30.3 Å². The standard InChI is InChI=1S/C18H23NO3/c1-13-6-5-9-15-10-19(16(11-20)17(13)15)18(21)22-12-14-7-3-2-4-8-14/h2-8,13,15-17,20H,9-12H2,1H3/t13-,15+,16-,17+/m1/s1. The Hall–Kier alpha value is -1.81. The lowest BCUT2D eigenvalue weighted by molar-refractivity contribution is 0.0692. The second kappa shape index (κ2) is 6.53. The van der Waals surface area contributed by atoms with Crippen molar-refractivity contribution in [3.63, 3.8) is 0 Å². The number of aliphatic hydroxyl groups excluding tert-OH is 1. The molecule has 1 aromatic carbocycles. The Balaban J connectivity index is 1.65. The van der Waals surface area contributed by atoms with Crippen LogP contribution in [0.1, 0.15) is 18.9 Å². The summed E-state index contributed by atoms with van der Waals surface area (Å²) in [6.45, 7) is 3.12. The van der Waals surface area contributed by atoms with E-state index in [1.165, 1.54) is 0 Å². The molecule has 1 aromatic rings. The van der Waals surface area contributed by atoms with Crippen LogP contribution in [0, 0.1) is 17.8 Å². The highest BCUT2D eigenvalue weighted by Crippen LogP contribution is 2.41. The molecule has 0 aromatic heterocycles. The number of allylic oxidation sites excluding steroid dienone is 2. The Morgan fingerprint density at radius 1 is 1.36 bits per heavy atom. The molecule has 0 saturated carbocycles. The Labute approximate surface area is 131 Å². The van der Waals surface area contributed by atoms with Gasteiger partial charge in [0.25, 0.3) is 0 Å². The van der Waals surface area contributed by atoms with E-state index in [-0.39, 0.29) is 25.3 Å². The van der Waals surface area contributed by atoms with Crippen LogP contribution in [0.5, 0.6) is 0 Å². The zero-order chi connectivity index (χ0) is 15.5. The summed E-state index contributed by atoms with van der Waals surface area (Å²) in [5, 5.41) is 9.75. The Morgan fingerprint density at radius 3 is 2.86 bits per heavy atom. The van der Waals surface area contributed by atoms with Gasteiger partial charge in [0.1, 0.15) is 6.61 Å². The number of carbonyl (C=O) groups is 1.